The van der Waals surface area contributed by atoms with Gasteiger partial charge in [0.2, 0.25) is 5.89 Å². The Morgan fingerprint density at radius 2 is 2.04 bits per heavy atom. The van der Waals surface area contributed by atoms with E-state index < -0.39 is 0 Å². The second-order valence-corrected chi connectivity index (χ2v) is 7.27. The number of ether oxygens (including phenoxy) is 1. The van der Waals surface area contributed by atoms with Crippen LogP contribution in [0.1, 0.15) is 71.5 Å². The number of aliphatic imine (C=N–C) groups is 1. The van der Waals surface area contributed by atoms with E-state index in [1.807, 2.05) is 0 Å². The van der Waals surface area contributed by atoms with Crippen LogP contribution in [0.4, 0.5) is 0 Å². The molecule has 0 spiro atoms. The van der Waals surface area contributed by atoms with Crippen molar-refractivity contribution in [3.8, 4) is 0 Å². The summed E-state index contributed by atoms with van der Waals surface area (Å²) < 4.78 is 11.2. The van der Waals surface area contributed by atoms with E-state index in [0.29, 0.717) is 31.0 Å². The summed E-state index contributed by atoms with van der Waals surface area (Å²) in [7, 11) is 1.80. The average molecular weight is 493 g/mol. The highest BCUT2D eigenvalue weighted by atomic mass is 127. The van der Waals surface area contributed by atoms with Crippen LogP contribution in [0.3, 0.4) is 0 Å². The molecule has 0 aliphatic heterocycles. The Morgan fingerprint density at radius 3 is 2.56 bits per heavy atom. The van der Waals surface area contributed by atoms with Crippen LogP contribution in [0.15, 0.2) is 9.52 Å². The van der Waals surface area contributed by atoms with E-state index in [9.17, 15) is 0 Å². The molecule has 1 saturated carbocycles. The van der Waals surface area contributed by atoms with E-state index in [2.05, 4.69) is 60.4 Å². The molecule has 1 aromatic heterocycles. The largest absolute Gasteiger partial charge is 0.378 e. The highest BCUT2D eigenvalue weighted by Crippen LogP contribution is 2.48. The number of nitrogens with zero attached hydrogens (tertiary/aromatic N) is 3. The topological polar surface area (TPSA) is 84.6 Å². The number of rotatable bonds is 9. The SMILES string of the molecule is CCOC1CC(NC(=NC)NCCc2nc(C(C)C)no2)C1(CC)CC.I. The van der Waals surface area contributed by atoms with Crippen molar-refractivity contribution in [2.24, 2.45) is 10.4 Å². The quantitative estimate of drug-likeness (QED) is 0.311. The monoisotopic (exact) mass is 493 g/mol. The minimum Gasteiger partial charge on any atom is -0.378 e. The summed E-state index contributed by atoms with van der Waals surface area (Å²) in [5, 5.41) is 10.9. The lowest BCUT2D eigenvalue weighted by atomic mass is 9.58. The van der Waals surface area contributed by atoms with Crippen LogP contribution in [0, 0.1) is 5.41 Å². The lowest BCUT2D eigenvalue weighted by molar-refractivity contribution is -0.133. The molecule has 1 heterocycles. The number of halogens is 1. The fraction of sp³-hybridized carbons (Fsp3) is 0.842. The highest BCUT2D eigenvalue weighted by molar-refractivity contribution is 14.0. The van der Waals surface area contributed by atoms with E-state index in [1.165, 1.54) is 0 Å². The molecule has 2 atom stereocenters. The summed E-state index contributed by atoms with van der Waals surface area (Å²) >= 11 is 0. The van der Waals surface area contributed by atoms with Crippen LogP contribution in [0.2, 0.25) is 0 Å². The van der Waals surface area contributed by atoms with Gasteiger partial charge in [0.1, 0.15) is 0 Å². The predicted octanol–water partition coefficient (Wildman–Crippen LogP) is 3.50. The van der Waals surface area contributed by atoms with Crippen molar-refractivity contribution in [3.05, 3.63) is 11.7 Å². The number of guanidine groups is 1. The van der Waals surface area contributed by atoms with E-state index in [1.54, 1.807) is 7.05 Å². The summed E-state index contributed by atoms with van der Waals surface area (Å²) in [6.07, 6.45) is 4.24. The zero-order valence-corrected chi connectivity index (χ0v) is 19.9. The lowest BCUT2D eigenvalue weighted by Crippen LogP contribution is -2.65. The number of hydrogen-bond acceptors (Lipinski definition) is 5. The van der Waals surface area contributed by atoms with Gasteiger partial charge >= 0.3 is 0 Å². The van der Waals surface area contributed by atoms with Gasteiger partial charge in [0.05, 0.1) is 6.10 Å². The van der Waals surface area contributed by atoms with Crippen molar-refractivity contribution in [1.29, 1.82) is 0 Å². The van der Waals surface area contributed by atoms with Gasteiger partial charge in [-0.15, -0.1) is 24.0 Å². The van der Waals surface area contributed by atoms with E-state index in [-0.39, 0.29) is 35.3 Å². The smallest absolute Gasteiger partial charge is 0.228 e. The van der Waals surface area contributed by atoms with E-state index in [4.69, 9.17) is 9.26 Å². The van der Waals surface area contributed by atoms with Gasteiger partial charge in [-0.2, -0.15) is 4.98 Å². The average Bonchev–Trinajstić information content (AvgIpc) is 3.10. The number of hydrogen-bond donors (Lipinski definition) is 2. The molecule has 1 aliphatic carbocycles. The third kappa shape index (κ3) is 5.56. The Kier molecular flexibility index (Phi) is 10.0. The first-order valence-corrected chi connectivity index (χ1v) is 9.91. The lowest BCUT2D eigenvalue weighted by Gasteiger charge is -2.55. The van der Waals surface area contributed by atoms with Gasteiger partial charge in [-0.3, -0.25) is 4.99 Å². The molecule has 1 aromatic rings. The van der Waals surface area contributed by atoms with Gasteiger partial charge in [0, 0.05) is 44.0 Å². The zero-order chi connectivity index (χ0) is 19.2. The summed E-state index contributed by atoms with van der Waals surface area (Å²) in [6.45, 7) is 12.2. The molecule has 2 unspecified atom stereocenters. The number of nitrogens with one attached hydrogen (secondary N) is 2. The first kappa shape index (κ1) is 24.1. The Morgan fingerprint density at radius 1 is 1.33 bits per heavy atom. The second kappa shape index (κ2) is 11.2. The highest BCUT2D eigenvalue weighted by Gasteiger charge is 2.53. The van der Waals surface area contributed by atoms with Gasteiger partial charge in [-0.1, -0.05) is 32.9 Å². The zero-order valence-electron chi connectivity index (χ0n) is 17.5. The Hall–Kier alpha value is -0.900. The Labute approximate surface area is 180 Å². The molecule has 2 rings (SSSR count). The molecule has 1 fully saturated rings. The third-order valence-electron chi connectivity index (χ3n) is 5.64. The molecule has 0 saturated heterocycles. The standard InChI is InChI=1S/C19H35N5O2.HI/c1-7-19(8-2)14(12-15(19)25-9-3)22-18(20-6)21-11-10-16-23-17(13(4)5)24-26-16;/h13-15H,7-12H2,1-6H3,(H2,20,21,22);1H. The molecule has 2 N–H and O–H groups in total. The van der Waals surface area contributed by atoms with Crippen LogP contribution in [0.25, 0.3) is 0 Å². The summed E-state index contributed by atoms with van der Waals surface area (Å²) in [6, 6.07) is 0.385. The van der Waals surface area contributed by atoms with Crippen molar-refractivity contribution in [3.63, 3.8) is 0 Å². The van der Waals surface area contributed by atoms with Crippen molar-refractivity contribution in [2.45, 2.75) is 78.4 Å². The van der Waals surface area contributed by atoms with Crippen LogP contribution in [0.5, 0.6) is 0 Å². The van der Waals surface area contributed by atoms with Crippen molar-refractivity contribution in [1.82, 2.24) is 20.8 Å². The van der Waals surface area contributed by atoms with Gasteiger partial charge in [-0.25, -0.2) is 0 Å². The molecule has 7 nitrogen and oxygen atoms in total. The van der Waals surface area contributed by atoms with Crippen molar-refractivity contribution in [2.75, 3.05) is 20.2 Å². The Balaban J connectivity index is 0.00000364. The normalized spacial score (nSPS) is 21.5. The fourth-order valence-corrected chi connectivity index (χ4v) is 3.83. The van der Waals surface area contributed by atoms with Crippen LogP contribution < -0.4 is 10.6 Å². The molecule has 0 bridgehead atoms. The molecule has 1 aliphatic rings. The minimum atomic E-state index is 0. The minimum absolute atomic E-state index is 0. The predicted molar refractivity (Wildman–Crippen MR) is 119 cm³/mol. The molecule has 27 heavy (non-hydrogen) atoms. The molecule has 8 heteroatoms. The molecular formula is C19H36IN5O2. The fourth-order valence-electron chi connectivity index (χ4n) is 3.83. The molecule has 0 aromatic carbocycles. The summed E-state index contributed by atoms with van der Waals surface area (Å²) in [5.74, 6) is 2.52. The van der Waals surface area contributed by atoms with Gasteiger partial charge in [-0.05, 0) is 26.2 Å². The summed E-state index contributed by atoms with van der Waals surface area (Å²) in [4.78, 5) is 8.77. The molecular weight excluding hydrogens is 457 g/mol. The Bertz CT molecular complexity index is 586. The molecule has 156 valence electrons. The number of aromatic nitrogens is 2. The van der Waals surface area contributed by atoms with Crippen LogP contribution >= 0.6 is 24.0 Å². The van der Waals surface area contributed by atoms with Crippen molar-refractivity contribution < 1.29 is 9.26 Å². The van der Waals surface area contributed by atoms with Gasteiger partial charge in [0.25, 0.3) is 0 Å². The van der Waals surface area contributed by atoms with E-state index in [0.717, 1.165) is 37.7 Å². The summed E-state index contributed by atoms with van der Waals surface area (Å²) in [5.41, 5.74) is 0.187. The maximum Gasteiger partial charge on any atom is 0.228 e. The maximum absolute atomic E-state index is 5.95. The van der Waals surface area contributed by atoms with Crippen molar-refractivity contribution >= 4 is 29.9 Å². The first-order valence-electron chi connectivity index (χ1n) is 9.91. The third-order valence-corrected chi connectivity index (χ3v) is 5.64. The maximum atomic E-state index is 5.95. The first-order chi connectivity index (χ1) is 12.5. The van der Waals surface area contributed by atoms with Gasteiger partial charge < -0.3 is 19.9 Å². The van der Waals surface area contributed by atoms with Crippen LogP contribution in [-0.4, -0.2) is 48.4 Å². The van der Waals surface area contributed by atoms with Gasteiger partial charge in [0.15, 0.2) is 11.8 Å². The van der Waals surface area contributed by atoms with E-state index >= 15 is 0 Å². The molecule has 0 amide bonds. The van der Waals surface area contributed by atoms with Crippen LogP contribution in [-0.2, 0) is 11.2 Å². The molecule has 0 radical (unpaired) electrons. The second-order valence-electron chi connectivity index (χ2n) is 7.27.